The van der Waals surface area contributed by atoms with Gasteiger partial charge in [-0.2, -0.15) is 0 Å². The number of rotatable bonds is 3. The minimum Gasteiger partial charge on any atom is -0.387 e. The van der Waals surface area contributed by atoms with E-state index in [0.717, 1.165) is 14.2 Å². The number of benzene rings is 1. The van der Waals surface area contributed by atoms with Crippen molar-refractivity contribution < 1.29 is 5.11 Å². The quantitative estimate of drug-likeness (QED) is 0.712. The van der Waals surface area contributed by atoms with Crippen molar-refractivity contribution in [1.82, 2.24) is 0 Å². The molecule has 0 bridgehead atoms. The predicted molar refractivity (Wildman–Crippen MR) is 82.2 cm³/mol. The Morgan fingerprint density at radius 2 is 1.83 bits per heavy atom. The van der Waals surface area contributed by atoms with Crippen molar-refractivity contribution in [1.29, 1.82) is 0 Å². The lowest BCUT2D eigenvalue weighted by Crippen LogP contribution is -1.99. The molecule has 6 heteroatoms. The molecule has 0 radical (unpaired) electrons. The topological polar surface area (TPSA) is 20.2 Å². The van der Waals surface area contributed by atoms with Crippen LogP contribution in [0, 0.1) is 0 Å². The van der Waals surface area contributed by atoms with Gasteiger partial charge in [0.15, 0.2) is 0 Å². The first-order valence-corrected chi connectivity index (χ1v) is 7.78. The maximum absolute atomic E-state index is 10.1. The Balaban J connectivity index is 2.15. The summed E-state index contributed by atoms with van der Waals surface area (Å²) < 4.78 is 0.826. The maximum atomic E-state index is 10.1. The highest BCUT2D eigenvalue weighted by molar-refractivity contribution is 9.11. The summed E-state index contributed by atoms with van der Waals surface area (Å²) in [5.74, 6) is 0. The molecule has 2 rings (SSSR count). The Kier molecular flexibility index (Phi) is 4.98. The molecule has 0 aliphatic rings. The monoisotopic (exact) mass is 384 g/mol. The van der Waals surface area contributed by atoms with E-state index in [1.807, 2.05) is 6.07 Å². The molecule has 0 amide bonds. The zero-order valence-corrected chi connectivity index (χ0v) is 13.6. The fourth-order valence-corrected chi connectivity index (χ4v) is 3.57. The highest BCUT2D eigenvalue weighted by Gasteiger charge is 2.14. The van der Waals surface area contributed by atoms with Crippen molar-refractivity contribution in [2.45, 2.75) is 12.5 Å². The summed E-state index contributed by atoms with van der Waals surface area (Å²) in [6, 6.07) is 7.10. The third kappa shape index (κ3) is 3.41. The van der Waals surface area contributed by atoms with Gasteiger partial charge >= 0.3 is 0 Å². The predicted octanol–water partition coefficient (Wildman–Crippen LogP) is 5.75. The van der Waals surface area contributed by atoms with Gasteiger partial charge in [0, 0.05) is 11.3 Å². The number of halogens is 4. The van der Waals surface area contributed by atoms with E-state index in [0.29, 0.717) is 21.5 Å². The molecule has 0 aliphatic heterocycles. The average Bonchev–Trinajstić information content (AvgIpc) is 2.65. The fraction of sp³-hybridized carbons (Fsp3) is 0.167. The summed E-state index contributed by atoms with van der Waals surface area (Å²) in [6.45, 7) is 0. The number of hydrogen-bond acceptors (Lipinski definition) is 2. The van der Waals surface area contributed by atoms with Crippen LogP contribution in [0.15, 0.2) is 28.1 Å². The van der Waals surface area contributed by atoms with Gasteiger partial charge < -0.3 is 5.11 Å². The summed E-state index contributed by atoms with van der Waals surface area (Å²) in [5, 5.41) is 11.7. The first kappa shape index (κ1) is 14.6. The summed E-state index contributed by atoms with van der Waals surface area (Å²) in [4.78, 5) is 0.818. The molecule has 1 aromatic carbocycles. The Hall–Kier alpha value is 0.230. The van der Waals surface area contributed by atoms with Gasteiger partial charge in [-0.15, -0.1) is 11.3 Å². The second-order valence-electron chi connectivity index (χ2n) is 3.74. The molecule has 1 nitrogen and oxygen atoms in total. The minimum atomic E-state index is -0.601. The van der Waals surface area contributed by atoms with Gasteiger partial charge in [-0.05, 0) is 39.7 Å². The van der Waals surface area contributed by atoms with Crippen LogP contribution in [0.3, 0.4) is 0 Å². The van der Waals surface area contributed by atoms with Gasteiger partial charge in [-0.1, -0.05) is 40.9 Å². The van der Waals surface area contributed by atoms with Crippen LogP contribution in [-0.4, -0.2) is 5.11 Å². The third-order valence-electron chi connectivity index (χ3n) is 2.41. The third-order valence-corrected chi connectivity index (χ3v) is 5.72. The molecule has 1 atom stereocenters. The molecule has 0 saturated carbocycles. The number of aliphatic hydroxyl groups excluding tert-OH is 1. The van der Waals surface area contributed by atoms with Gasteiger partial charge in [0.2, 0.25) is 0 Å². The molecule has 0 fully saturated rings. The fourth-order valence-electron chi connectivity index (χ4n) is 1.52. The molecule has 1 heterocycles. The Labute approximate surface area is 132 Å². The lowest BCUT2D eigenvalue weighted by atomic mass is 10.1. The minimum absolute atomic E-state index is 0.472. The van der Waals surface area contributed by atoms with E-state index in [-0.39, 0.29) is 0 Å². The molecule has 0 spiro atoms. The normalized spacial score (nSPS) is 12.7. The molecule has 0 aliphatic carbocycles. The molecule has 0 saturated heterocycles. The van der Waals surface area contributed by atoms with Crippen molar-refractivity contribution in [3.05, 3.63) is 53.6 Å². The van der Waals surface area contributed by atoms with Crippen molar-refractivity contribution in [3.8, 4) is 0 Å². The molecule has 96 valence electrons. The number of aliphatic hydroxyl groups is 1. The summed E-state index contributed by atoms with van der Waals surface area (Å²) in [5.41, 5.74) is 0.928. The zero-order chi connectivity index (χ0) is 13.3. The van der Waals surface area contributed by atoms with Crippen LogP contribution < -0.4 is 0 Å². The summed E-state index contributed by atoms with van der Waals surface area (Å²) in [6.07, 6.45) is -0.128. The van der Waals surface area contributed by atoms with Crippen molar-refractivity contribution in [3.63, 3.8) is 0 Å². The Bertz CT molecular complexity index is 551. The lowest BCUT2D eigenvalue weighted by Gasteiger charge is -2.09. The summed E-state index contributed by atoms with van der Waals surface area (Å²) >= 11 is 22.5. The van der Waals surface area contributed by atoms with Gasteiger partial charge in [0.25, 0.3) is 0 Å². The van der Waals surface area contributed by atoms with E-state index in [2.05, 4.69) is 15.9 Å². The van der Waals surface area contributed by atoms with Crippen LogP contribution in [0.5, 0.6) is 0 Å². The molecule has 1 aromatic heterocycles. The van der Waals surface area contributed by atoms with Crippen LogP contribution in [0.1, 0.15) is 16.5 Å². The van der Waals surface area contributed by atoms with Gasteiger partial charge in [0.1, 0.15) is 0 Å². The molecule has 2 aromatic rings. The Morgan fingerprint density at radius 1 is 1.11 bits per heavy atom. The second-order valence-corrected chi connectivity index (χ2v) is 7.36. The highest BCUT2D eigenvalue weighted by Crippen LogP contribution is 2.36. The molecular weight excluding hydrogens is 378 g/mol. The summed E-state index contributed by atoms with van der Waals surface area (Å²) in [7, 11) is 0. The molecule has 1 unspecified atom stereocenters. The van der Waals surface area contributed by atoms with Crippen molar-refractivity contribution in [2.75, 3.05) is 0 Å². The van der Waals surface area contributed by atoms with E-state index in [1.165, 1.54) is 11.3 Å². The van der Waals surface area contributed by atoms with Gasteiger partial charge in [-0.25, -0.2) is 0 Å². The first-order chi connectivity index (χ1) is 8.47. The van der Waals surface area contributed by atoms with Gasteiger partial charge in [0.05, 0.1) is 25.0 Å². The van der Waals surface area contributed by atoms with Crippen molar-refractivity contribution >= 4 is 62.1 Å². The molecular formula is C12H8BrCl3OS. The van der Waals surface area contributed by atoms with Crippen LogP contribution >= 0.6 is 62.1 Å². The number of hydrogen-bond donors (Lipinski definition) is 1. The molecule has 1 N–H and O–H groups in total. The van der Waals surface area contributed by atoms with Crippen molar-refractivity contribution in [2.24, 2.45) is 0 Å². The first-order valence-electron chi connectivity index (χ1n) is 5.04. The largest absolute Gasteiger partial charge is 0.387 e. The van der Waals surface area contributed by atoms with Crippen LogP contribution in [0.25, 0.3) is 0 Å². The average molecular weight is 387 g/mol. The van der Waals surface area contributed by atoms with Crippen LogP contribution in [0.4, 0.5) is 0 Å². The standard InChI is InChI=1S/C12H8BrCl3OS/c13-12-9(16)5-11(18-12)10(17)4-6-1-2-7(14)8(15)3-6/h1-3,5,10,17H,4H2. The Morgan fingerprint density at radius 3 is 2.39 bits per heavy atom. The zero-order valence-electron chi connectivity index (χ0n) is 8.96. The molecule has 18 heavy (non-hydrogen) atoms. The van der Waals surface area contributed by atoms with E-state index < -0.39 is 6.10 Å². The maximum Gasteiger partial charge on any atom is 0.0923 e. The lowest BCUT2D eigenvalue weighted by molar-refractivity contribution is 0.182. The van der Waals surface area contributed by atoms with E-state index >= 15 is 0 Å². The smallest absolute Gasteiger partial charge is 0.0923 e. The van der Waals surface area contributed by atoms with E-state index in [9.17, 15) is 5.11 Å². The SMILES string of the molecule is OC(Cc1ccc(Cl)c(Cl)c1)c1cc(Cl)c(Br)s1. The number of thiophene rings is 1. The van der Waals surface area contributed by atoms with Gasteiger partial charge in [-0.3, -0.25) is 0 Å². The van der Waals surface area contributed by atoms with Crippen LogP contribution in [-0.2, 0) is 6.42 Å². The van der Waals surface area contributed by atoms with Crippen LogP contribution in [0.2, 0.25) is 15.1 Å². The second kappa shape index (κ2) is 6.12. The highest BCUT2D eigenvalue weighted by atomic mass is 79.9. The van der Waals surface area contributed by atoms with E-state index in [4.69, 9.17) is 34.8 Å². The van der Waals surface area contributed by atoms with E-state index in [1.54, 1.807) is 18.2 Å².